The molecular weight excluding hydrogens is 268 g/mol. The van der Waals surface area contributed by atoms with Gasteiger partial charge in [-0.3, -0.25) is 9.69 Å². The first-order valence-electron chi connectivity index (χ1n) is 7.71. The molecule has 0 saturated carbocycles. The number of hydrogen-bond acceptors (Lipinski definition) is 3. The predicted octanol–water partition coefficient (Wildman–Crippen LogP) is 3.12. The first-order valence-corrected chi connectivity index (χ1v) is 8.59. The van der Waals surface area contributed by atoms with Gasteiger partial charge in [0.05, 0.1) is 0 Å². The van der Waals surface area contributed by atoms with E-state index in [1.165, 1.54) is 24.3 Å². The van der Waals surface area contributed by atoms with Crippen molar-refractivity contribution in [1.29, 1.82) is 0 Å². The molecule has 0 aromatic carbocycles. The largest absolute Gasteiger partial charge is 0.356 e. The molecule has 4 heteroatoms. The molecule has 1 N–H and O–H groups in total. The topological polar surface area (TPSA) is 32.3 Å². The first kappa shape index (κ1) is 15.5. The Kier molecular flexibility index (Phi) is 6.05. The summed E-state index contributed by atoms with van der Waals surface area (Å²) in [5.74, 6) is 0.959. The fourth-order valence-electron chi connectivity index (χ4n) is 2.69. The van der Waals surface area contributed by atoms with Crippen LogP contribution in [0.4, 0.5) is 0 Å². The number of nitrogens with zero attached hydrogens (tertiary/aromatic N) is 1. The molecule has 0 bridgehead atoms. The fourth-order valence-corrected chi connectivity index (χ4v) is 3.44. The summed E-state index contributed by atoms with van der Waals surface area (Å²) in [6, 6.07) is 4.33. The molecule has 1 fully saturated rings. The molecule has 1 aliphatic heterocycles. The zero-order valence-electron chi connectivity index (χ0n) is 12.6. The summed E-state index contributed by atoms with van der Waals surface area (Å²) >= 11 is 1.83. The van der Waals surface area contributed by atoms with Gasteiger partial charge in [0.25, 0.3) is 0 Å². The van der Waals surface area contributed by atoms with Gasteiger partial charge < -0.3 is 5.32 Å². The highest BCUT2D eigenvalue weighted by molar-refractivity contribution is 7.09. The Balaban J connectivity index is 1.74. The lowest BCUT2D eigenvalue weighted by molar-refractivity contribution is -0.124. The van der Waals surface area contributed by atoms with E-state index >= 15 is 0 Å². The van der Waals surface area contributed by atoms with Crippen molar-refractivity contribution in [2.75, 3.05) is 19.6 Å². The Morgan fingerprint density at radius 2 is 2.45 bits per heavy atom. The number of thiophene rings is 1. The van der Waals surface area contributed by atoms with Crippen molar-refractivity contribution in [2.24, 2.45) is 11.8 Å². The van der Waals surface area contributed by atoms with Crippen LogP contribution in [0.15, 0.2) is 17.5 Å². The molecular formula is C16H26N2OS. The molecule has 3 nitrogen and oxygen atoms in total. The fraction of sp³-hybridized carbons (Fsp3) is 0.688. The quantitative estimate of drug-likeness (QED) is 0.874. The normalized spacial score (nSPS) is 21.6. The van der Waals surface area contributed by atoms with E-state index in [1.54, 1.807) is 0 Å². The van der Waals surface area contributed by atoms with E-state index in [-0.39, 0.29) is 11.8 Å². The average Bonchev–Trinajstić information content (AvgIpc) is 2.97. The Hall–Kier alpha value is -0.870. The van der Waals surface area contributed by atoms with Gasteiger partial charge in [-0.05, 0) is 43.2 Å². The van der Waals surface area contributed by atoms with Crippen LogP contribution in [0.5, 0.6) is 0 Å². The van der Waals surface area contributed by atoms with E-state index in [4.69, 9.17) is 0 Å². The second-order valence-electron chi connectivity index (χ2n) is 5.88. The Bertz CT molecular complexity index is 405. The molecule has 2 atom stereocenters. The number of nitrogens with one attached hydrogen (secondary N) is 1. The minimum Gasteiger partial charge on any atom is -0.356 e. The van der Waals surface area contributed by atoms with Crippen LogP contribution in [0.25, 0.3) is 0 Å². The molecule has 112 valence electrons. The molecule has 1 saturated heterocycles. The van der Waals surface area contributed by atoms with E-state index in [1.807, 2.05) is 18.3 Å². The monoisotopic (exact) mass is 294 g/mol. The summed E-state index contributed by atoms with van der Waals surface area (Å²) in [7, 11) is 0. The Morgan fingerprint density at radius 1 is 1.60 bits per heavy atom. The maximum Gasteiger partial charge on any atom is 0.222 e. The minimum atomic E-state index is 0.140. The van der Waals surface area contributed by atoms with Crippen molar-refractivity contribution in [3.8, 4) is 0 Å². The molecule has 0 spiro atoms. The number of rotatable bonds is 6. The summed E-state index contributed by atoms with van der Waals surface area (Å²) in [6.45, 7) is 8.26. The van der Waals surface area contributed by atoms with Gasteiger partial charge >= 0.3 is 0 Å². The van der Waals surface area contributed by atoms with Crippen LogP contribution in [0.2, 0.25) is 0 Å². The molecule has 1 amide bonds. The van der Waals surface area contributed by atoms with E-state index in [2.05, 4.69) is 34.7 Å². The van der Waals surface area contributed by atoms with Crippen molar-refractivity contribution < 1.29 is 4.79 Å². The third kappa shape index (κ3) is 4.60. The minimum absolute atomic E-state index is 0.140. The Labute approximate surface area is 126 Å². The summed E-state index contributed by atoms with van der Waals surface area (Å²) in [4.78, 5) is 15.8. The van der Waals surface area contributed by atoms with Crippen molar-refractivity contribution in [3.63, 3.8) is 0 Å². The first-order chi connectivity index (χ1) is 9.69. The van der Waals surface area contributed by atoms with Crippen molar-refractivity contribution in [2.45, 2.75) is 39.7 Å². The molecule has 0 aliphatic carbocycles. The van der Waals surface area contributed by atoms with E-state index in [9.17, 15) is 4.79 Å². The zero-order valence-corrected chi connectivity index (χ0v) is 13.4. The SMILES string of the molecule is CCC(C)C(=O)NCC1CCCN(Cc2cccs2)C1. The zero-order chi connectivity index (χ0) is 14.4. The number of amides is 1. The highest BCUT2D eigenvalue weighted by Crippen LogP contribution is 2.20. The van der Waals surface area contributed by atoms with Gasteiger partial charge in [0.1, 0.15) is 0 Å². The van der Waals surface area contributed by atoms with Crippen LogP contribution in [-0.4, -0.2) is 30.4 Å². The average molecular weight is 294 g/mol. The second-order valence-corrected chi connectivity index (χ2v) is 6.91. The third-order valence-corrected chi connectivity index (χ3v) is 5.05. The molecule has 2 heterocycles. The lowest BCUT2D eigenvalue weighted by Gasteiger charge is -2.32. The van der Waals surface area contributed by atoms with Gasteiger partial charge in [-0.15, -0.1) is 11.3 Å². The summed E-state index contributed by atoms with van der Waals surface area (Å²) in [5, 5.41) is 5.26. The van der Waals surface area contributed by atoms with Crippen LogP contribution in [0.1, 0.15) is 38.0 Å². The van der Waals surface area contributed by atoms with E-state index < -0.39 is 0 Å². The van der Waals surface area contributed by atoms with Crippen LogP contribution in [0.3, 0.4) is 0 Å². The molecule has 1 aromatic heterocycles. The summed E-state index contributed by atoms with van der Waals surface area (Å²) in [5.41, 5.74) is 0. The summed E-state index contributed by atoms with van der Waals surface area (Å²) in [6.07, 6.45) is 3.40. The van der Waals surface area contributed by atoms with Crippen LogP contribution < -0.4 is 5.32 Å². The standard InChI is InChI=1S/C16H26N2OS/c1-3-13(2)16(19)17-10-14-6-4-8-18(11-14)12-15-7-5-9-20-15/h5,7,9,13-14H,3-4,6,8,10-12H2,1-2H3,(H,17,19). The number of piperidine rings is 1. The van der Waals surface area contributed by atoms with Crippen LogP contribution in [0, 0.1) is 11.8 Å². The molecule has 2 unspecified atom stereocenters. The number of likely N-dealkylation sites (tertiary alicyclic amines) is 1. The van der Waals surface area contributed by atoms with Crippen LogP contribution >= 0.6 is 11.3 Å². The maximum atomic E-state index is 11.8. The van der Waals surface area contributed by atoms with Gasteiger partial charge in [0.2, 0.25) is 5.91 Å². The van der Waals surface area contributed by atoms with E-state index in [0.29, 0.717) is 5.92 Å². The van der Waals surface area contributed by atoms with E-state index in [0.717, 1.165) is 26.1 Å². The van der Waals surface area contributed by atoms with Gasteiger partial charge in [0.15, 0.2) is 0 Å². The van der Waals surface area contributed by atoms with Crippen LogP contribution in [-0.2, 0) is 11.3 Å². The number of carbonyl (C=O) groups is 1. The van der Waals surface area contributed by atoms with Crippen molar-refractivity contribution >= 4 is 17.2 Å². The Morgan fingerprint density at radius 3 is 3.15 bits per heavy atom. The van der Waals surface area contributed by atoms with Gasteiger partial charge in [0, 0.05) is 30.4 Å². The molecule has 1 aliphatic rings. The highest BCUT2D eigenvalue weighted by atomic mass is 32.1. The summed E-state index contributed by atoms with van der Waals surface area (Å²) < 4.78 is 0. The van der Waals surface area contributed by atoms with Gasteiger partial charge in [-0.2, -0.15) is 0 Å². The van der Waals surface area contributed by atoms with Crippen molar-refractivity contribution in [1.82, 2.24) is 10.2 Å². The third-order valence-electron chi connectivity index (χ3n) is 4.19. The molecule has 1 aromatic rings. The second kappa shape index (κ2) is 7.79. The molecule has 0 radical (unpaired) electrons. The molecule has 2 rings (SSSR count). The number of hydrogen-bond donors (Lipinski definition) is 1. The maximum absolute atomic E-state index is 11.8. The molecule has 20 heavy (non-hydrogen) atoms. The predicted molar refractivity (Wildman–Crippen MR) is 84.8 cm³/mol. The number of carbonyl (C=O) groups excluding carboxylic acids is 1. The smallest absolute Gasteiger partial charge is 0.222 e. The van der Waals surface area contributed by atoms with Gasteiger partial charge in [-0.25, -0.2) is 0 Å². The lowest BCUT2D eigenvalue weighted by Crippen LogP contribution is -2.41. The lowest BCUT2D eigenvalue weighted by atomic mass is 9.97. The highest BCUT2D eigenvalue weighted by Gasteiger charge is 2.21. The van der Waals surface area contributed by atoms with Crippen molar-refractivity contribution in [3.05, 3.63) is 22.4 Å². The van der Waals surface area contributed by atoms with Gasteiger partial charge in [-0.1, -0.05) is 19.9 Å².